The van der Waals surface area contributed by atoms with Crippen LogP contribution in [0.25, 0.3) is 0 Å². The molecule has 3 heteroatoms. The summed E-state index contributed by atoms with van der Waals surface area (Å²) in [6.45, 7) is 6.57. The van der Waals surface area contributed by atoms with Gasteiger partial charge in [0.15, 0.2) is 0 Å². The van der Waals surface area contributed by atoms with E-state index >= 15 is 0 Å². The molecule has 4 aliphatic carbocycles. The Hall–Kier alpha value is -0.120. The molecule has 5 fully saturated rings. The summed E-state index contributed by atoms with van der Waals surface area (Å²) in [5.74, 6) is 4.68. The zero-order valence-corrected chi connectivity index (χ0v) is 13.5. The number of nitrogens with two attached hydrogens (primary N) is 1. The predicted octanol–water partition coefficient (Wildman–Crippen LogP) is 2.15. The average Bonchev–Trinajstić information content (AvgIpc) is 2.88. The summed E-state index contributed by atoms with van der Waals surface area (Å²) in [6.07, 6.45) is 7.38. The van der Waals surface area contributed by atoms with Crippen LogP contribution in [0.5, 0.6) is 0 Å². The van der Waals surface area contributed by atoms with Gasteiger partial charge in [0.25, 0.3) is 0 Å². The number of hydrogen-bond donors (Lipinski definition) is 2. The summed E-state index contributed by atoms with van der Waals surface area (Å²) < 4.78 is 6.02. The Balaban J connectivity index is 1.26. The van der Waals surface area contributed by atoms with E-state index in [9.17, 15) is 0 Å². The lowest BCUT2D eigenvalue weighted by Crippen LogP contribution is -2.80. The fourth-order valence-electron chi connectivity index (χ4n) is 6.91. The fraction of sp³-hybridized carbons (Fsp3) is 1.00. The molecule has 0 radical (unpaired) electrons. The number of fused-ring (bicyclic) bond motifs is 6. The Kier molecular flexibility index (Phi) is 2.56. The Labute approximate surface area is 128 Å². The van der Waals surface area contributed by atoms with Gasteiger partial charge in [0.05, 0.1) is 6.10 Å². The molecule has 0 aromatic rings. The Morgan fingerprint density at radius 3 is 2.57 bits per heavy atom. The van der Waals surface area contributed by atoms with Crippen molar-refractivity contribution in [3.8, 4) is 0 Å². The van der Waals surface area contributed by atoms with Gasteiger partial charge in [0, 0.05) is 36.1 Å². The quantitative estimate of drug-likeness (QED) is 0.837. The minimum Gasteiger partial charge on any atom is -0.377 e. The van der Waals surface area contributed by atoms with Crippen LogP contribution < -0.4 is 11.1 Å². The molecule has 21 heavy (non-hydrogen) atoms. The van der Waals surface area contributed by atoms with Crippen molar-refractivity contribution in [1.29, 1.82) is 0 Å². The van der Waals surface area contributed by atoms with E-state index in [2.05, 4.69) is 19.2 Å². The lowest BCUT2D eigenvalue weighted by molar-refractivity contribution is -0.225. The summed E-state index contributed by atoms with van der Waals surface area (Å²) in [5.41, 5.74) is 6.96. The summed E-state index contributed by atoms with van der Waals surface area (Å²) in [6, 6.07) is 0.802. The minimum atomic E-state index is -0.0615. The van der Waals surface area contributed by atoms with E-state index < -0.39 is 0 Å². The van der Waals surface area contributed by atoms with Gasteiger partial charge in [-0.25, -0.2) is 0 Å². The van der Waals surface area contributed by atoms with Crippen molar-refractivity contribution in [2.24, 2.45) is 40.7 Å². The van der Waals surface area contributed by atoms with Crippen molar-refractivity contribution in [1.82, 2.24) is 5.32 Å². The van der Waals surface area contributed by atoms with Crippen molar-refractivity contribution in [2.45, 2.75) is 63.6 Å². The number of nitrogens with one attached hydrogen (secondary N) is 1. The molecule has 1 saturated heterocycles. The molecule has 118 valence electrons. The fourth-order valence-corrected chi connectivity index (χ4v) is 6.91. The van der Waals surface area contributed by atoms with E-state index in [4.69, 9.17) is 10.5 Å². The van der Waals surface area contributed by atoms with Gasteiger partial charge in [0.2, 0.25) is 0 Å². The molecular weight excluding hydrogens is 260 g/mol. The van der Waals surface area contributed by atoms with Crippen LogP contribution >= 0.6 is 0 Å². The maximum atomic E-state index is 6.90. The first-order valence-electron chi connectivity index (χ1n) is 9.18. The SMILES string of the molecule is CC1(C)C2OCCCC2C1(N)CNC1C2C3CCC(C3)C12. The highest BCUT2D eigenvalue weighted by molar-refractivity contribution is 5.23. The monoisotopic (exact) mass is 290 g/mol. The lowest BCUT2D eigenvalue weighted by Gasteiger charge is -2.66. The average molecular weight is 290 g/mol. The van der Waals surface area contributed by atoms with Crippen LogP contribution in [0.2, 0.25) is 0 Å². The van der Waals surface area contributed by atoms with E-state index in [1.165, 1.54) is 32.1 Å². The van der Waals surface area contributed by atoms with E-state index in [-0.39, 0.29) is 11.0 Å². The molecule has 3 nitrogen and oxygen atoms in total. The van der Waals surface area contributed by atoms with Gasteiger partial charge in [-0.3, -0.25) is 0 Å². The molecule has 0 amide bonds. The second-order valence-corrected chi connectivity index (χ2v) is 9.20. The standard InChI is InChI=1S/C18H30N2O/c1-17(2)16-12(4-3-7-21-16)18(17,19)9-20-15-13-10-5-6-11(8-10)14(13)15/h10-16,20H,3-9,19H2,1-2H3. The van der Waals surface area contributed by atoms with Crippen LogP contribution in [-0.4, -0.2) is 30.8 Å². The normalized spacial score (nSPS) is 59.3. The highest BCUT2D eigenvalue weighted by Gasteiger charge is 2.68. The first-order valence-corrected chi connectivity index (χ1v) is 9.18. The van der Waals surface area contributed by atoms with Crippen molar-refractivity contribution in [3.63, 3.8) is 0 Å². The number of rotatable bonds is 3. The van der Waals surface area contributed by atoms with Gasteiger partial charge in [0.1, 0.15) is 0 Å². The third kappa shape index (κ3) is 1.51. The van der Waals surface area contributed by atoms with Gasteiger partial charge in [-0.2, -0.15) is 0 Å². The lowest BCUT2D eigenvalue weighted by atomic mass is 9.46. The Bertz CT molecular complexity index is 448. The van der Waals surface area contributed by atoms with Crippen molar-refractivity contribution < 1.29 is 4.74 Å². The maximum Gasteiger partial charge on any atom is 0.0690 e. The van der Waals surface area contributed by atoms with Gasteiger partial charge < -0.3 is 15.8 Å². The van der Waals surface area contributed by atoms with Gasteiger partial charge in [-0.15, -0.1) is 0 Å². The maximum absolute atomic E-state index is 6.90. The first-order chi connectivity index (χ1) is 10.0. The van der Waals surface area contributed by atoms with Crippen LogP contribution in [-0.2, 0) is 4.74 Å². The molecule has 0 aromatic carbocycles. The highest BCUT2D eigenvalue weighted by atomic mass is 16.5. The Morgan fingerprint density at radius 1 is 1.14 bits per heavy atom. The third-order valence-corrected chi connectivity index (χ3v) is 8.26. The highest BCUT2D eigenvalue weighted by Crippen LogP contribution is 2.66. The van der Waals surface area contributed by atoms with Crippen LogP contribution in [0.1, 0.15) is 46.0 Å². The predicted molar refractivity (Wildman–Crippen MR) is 82.8 cm³/mol. The summed E-state index contributed by atoms with van der Waals surface area (Å²) >= 11 is 0. The van der Waals surface area contributed by atoms with E-state index in [1.807, 2.05) is 0 Å². The zero-order valence-electron chi connectivity index (χ0n) is 13.5. The molecule has 1 aliphatic heterocycles. The molecule has 0 spiro atoms. The summed E-state index contributed by atoms with van der Waals surface area (Å²) in [7, 11) is 0. The van der Waals surface area contributed by atoms with E-state index in [0.717, 1.165) is 42.9 Å². The molecule has 7 atom stereocenters. The van der Waals surface area contributed by atoms with Gasteiger partial charge in [-0.1, -0.05) is 13.8 Å². The molecule has 4 saturated carbocycles. The van der Waals surface area contributed by atoms with Crippen LogP contribution in [0.15, 0.2) is 0 Å². The molecule has 7 unspecified atom stereocenters. The summed E-state index contributed by atoms with van der Waals surface area (Å²) in [5, 5.41) is 3.91. The van der Waals surface area contributed by atoms with E-state index in [0.29, 0.717) is 12.0 Å². The van der Waals surface area contributed by atoms with Crippen molar-refractivity contribution in [3.05, 3.63) is 0 Å². The van der Waals surface area contributed by atoms with Crippen LogP contribution in [0.3, 0.4) is 0 Å². The smallest absolute Gasteiger partial charge is 0.0690 e. The molecular formula is C18H30N2O. The molecule has 5 aliphatic rings. The molecule has 0 aromatic heterocycles. The Morgan fingerprint density at radius 2 is 1.86 bits per heavy atom. The number of hydrogen-bond acceptors (Lipinski definition) is 3. The van der Waals surface area contributed by atoms with Crippen molar-refractivity contribution >= 4 is 0 Å². The molecule has 3 N–H and O–H groups in total. The van der Waals surface area contributed by atoms with E-state index in [1.54, 1.807) is 0 Å². The minimum absolute atomic E-state index is 0.0615. The van der Waals surface area contributed by atoms with Crippen LogP contribution in [0.4, 0.5) is 0 Å². The summed E-state index contributed by atoms with van der Waals surface area (Å²) in [4.78, 5) is 0. The van der Waals surface area contributed by atoms with Crippen LogP contribution in [0, 0.1) is 35.0 Å². The largest absolute Gasteiger partial charge is 0.377 e. The zero-order chi connectivity index (χ0) is 14.4. The first kappa shape index (κ1) is 13.3. The molecule has 1 heterocycles. The van der Waals surface area contributed by atoms with Gasteiger partial charge in [-0.05, 0) is 55.8 Å². The van der Waals surface area contributed by atoms with Crippen molar-refractivity contribution in [2.75, 3.05) is 13.2 Å². The topological polar surface area (TPSA) is 47.3 Å². The van der Waals surface area contributed by atoms with Gasteiger partial charge >= 0.3 is 0 Å². The molecule has 2 bridgehead atoms. The third-order valence-electron chi connectivity index (χ3n) is 8.26. The second kappa shape index (κ2) is 4.04. The number of ether oxygens (including phenoxy) is 1. The molecule has 5 rings (SSSR count). The second-order valence-electron chi connectivity index (χ2n) is 9.20.